The molecule has 0 heterocycles. The fourth-order valence-corrected chi connectivity index (χ4v) is 7.86. The van der Waals surface area contributed by atoms with Gasteiger partial charge in [0.25, 0.3) is 0 Å². The molecule has 1 atom stereocenters. The zero-order valence-electron chi connectivity index (χ0n) is 39.5. The summed E-state index contributed by atoms with van der Waals surface area (Å²) in [6, 6.07) is 0. The molecule has 6 nitrogen and oxygen atoms in total. The number of esters is 3. The molecule has 344 valence electrons. The highest BCUT2D eigenvalue weighted by Gasteiger charge is 2.19. The Kier molecular flexibility index (Phi) is 45.2. The summed E-state index contributed by atoms with van der Waals surface area (Å²) < 4.78 is 16.8. The fraction of sp³-hybridized carbons (Fsp3) is 0.942. The summed E-state index contributed by atoms with van der Waals surface area (Å²) >= 11 is 0. The van der Waals surface area contributed by atoms with Crippen LogP contribution in [-0.4, -0.2) is 37.2 Å². The number of unbranched alkanes of at least 4 members (excludes halogenated alkanes) is 34. The Morgan fingerprint density at radius 3 is 0.845 bits per heavy atom. The van der Waals surface area contributed by atoms with E-state index in [4.69, 9.17) is 14.2 Å². The number of hydrogen-bond donors (Lipinski definition) is 0. The van der Waals surface area contributed by atoms with Gasteiger partial charge in [-0.15, -0.1) is 0 Å². The lowest BCUT2D eigenvalue weighted by atomic mass is 10.0. The van der Waals surface area contributed by atoms with Crippen LogP contribution in [0, 0.1) is 5.92 Å². The monoisotopic (exact) mass is 821 g/mol. The summed E-state index contributed by atoms with van der Waals surface area (Å²) in [6.07, 6.45) is 48.0. The van der Waals surface area contributed by atoms with Crippen molar-refractivity contribution in [1.82, 2.24) is 0 Å². The minimum Gasteiger partial charge on any atom is -0.462 e. The van der Waals surface area contributed by atoms with Crippen molar-refractivity contribution < 1.29 is 28.6 Å². The maximum Gasteiger partial charge on any atom is 0.306 e. The minimum atomic E-state index is -0.759. The lowest BCUT2D eigenvalue weighted by Gasteiger charge is -2.18. The third-order valence-corrected chi connectivity index (χ3v) is 11.8. The van der Waals surface area contributed by atoms with Gasteiger partial charge < -0.3 is 14.2 Å². The Morgan fingerprint density at radius 2 is 0.569 bits per heavy atom. The average molecular weight is 821 g/mol. The van der Waals surface area contributed by atoms with Crippen LogP contribution in [0.3, 0.4) is 0 Å². The molecule has 0 spiro atoms. The molecule has 0 aliphatic carbocycles. The molecule has 0 aromatic rings. The van der Waals surface area contributed by atoms with E-state index in [0.717, 1.165) is 63.7 Å². The topological polar surface area (TPSA) is 78.9 Å². The lowest BCUT2D eigenvalue weighted by Crippen LogP contribution is -2.30. The van der Waals surface area contributed by atoms with Crippen LogP contribution in [-0.2, 0) is 28.6 Å². The third kappa shape index (κ3) is 45.5. The molecule has 0 bridgehead atoms. The smallest absolute Gasteiger partial charge is 0.306 e. The van der Waals surface area contributed by atoms with Gasteiger partial charge in [0.2, 0.25) is 0 Å². The van der Waals surface area contributed by atoms with E-state index in [1.54, 1.807) is 0 Å². The van der Waals surface area contributed by atoms with E-state index in [-0.39, 0.29) is 31.1 Å². The van der Waals surface area contributed by atoms with E-state index < -0.39 is 6.10 Å². The SMILES string of the molecule is CCCCCCCCCCCCCCCCC(=O)O[C@H](COC(=O)CCCCCCCCCCC)COC(=O)CCCCCCCCCCCCCCCCC(C)C. The Balaban J connectivity index is 4.25. The first kappa shape index (κ1) is 56.4. The molecule has 0 unspecified atom stereocenters. The molecule has 0 saturated heterocycles. The van der Waals surface area contributed by atoms with E-state index in [1.165, 1.54) is 186 Å². The lowest BCUT2D eigenvalue weighted by molar-refractivity contribution is -0.167. The summed E-state index contributed by atoms with van der Waals surface area (Å²) in [7, 11) is 0. The van der Waals surface area contributed by atoms with E-state index >= 15 is 0 Å². The summed E-state index contributed by atoms with van der Waals surface area (Å²) in [6.45, 7) is 9.02. The Hall–Kier alpha value is -1.59. The van der Waals surface area contributed by atoms with E-state index in [9.17, 15) is 14.4 Å². The van der Waals surface area contributed by atoms with Crippen LogP contribution in [0.25, 0.3) is 0 Å². The van der Waals surface area contributed by atoms with E-state index in [0.29, 0.717) is 19.3 Å². The summed E-state index contributed by atoms with van der Waals surface area (Å²) in [5.41, 5.74) is 0. The van der Waals surface area contributed by atoms with Crippen LogP contribution in [0.5, 0.6) is 0 Å². The standard InChI is InChI=1S/C52H100O6/c1-5-7-9-11-13-15-16-17-21-25-29-33-37-41-45-52(55)58-49(46-56-50(53)43-39-35-31-26-14-12-10-8-6-2)47-57-51(54)44-40-36-32-28-24-22-19-18-20-23-27-30-34-38-42-48(3)4/h48-49H,5-47H2,1-4H3/t49-/m1/s1. The molecular formula is C52H100O6. The zero-order chi connectivity index (χ0) is 42.4. The number of rotatable bonds is 47. The van der Waals surface area contributed by atoms with Gasteiger partial charge in [0.1, 0.15) is 13.2 Å². The molecule has 0 aliphatic heterocycles. The second kappa shape index (κ2) is 46.5. The van der Waals surface area contributed by atoms with Crippen molar-refractivity contribution in [2.75, 3.05) is 13.2 Å². The highest BCUT2D eigenvalue weighted by Crippen LogP contribution is 2.17. The Bertz CT molecular complexity index is 872. The van der Waals surface area contributed by atoms with Crippen molar-refractivity contribution >= 4 is 17.9 Å². The molecule has 0 amide bonds. The van der Waals surface area contributed by atoms with Crippen LogP contribution in [0.2, 0.25) is 0 Å². The fourth-order valence-electron chi connectivity index (χ4n) is 7.86. The number of ether oxygens (including phenoxy) is 3. The molecule has 0 aromatic carbocycles. The summed E-state index contributed by atoms with van der Waals surface area (Å²) in [5.74, 6) is -0.00155. The first-order valence-corrected chi connectivity index (χ1v) is 25.9. The van der Waals surface area contributed by atoms with Gasteiger partial charge in [0.15, 0.2) is 6.10 Å². The third-order valence-electron chi connectivity index (χ3n) is 11.8. The molecule has 0 aliphatic rings. The van der Waals surface area contributed by atoms with Gasteiger partial charge in [0.05, 0.1) is 0 Å². The quantitative estimate of drug-likeness (QED) is 0.0346. The van der Waals surface area contributed by atoms with Gasteiger partial charge >= 0.3 is 17.9 Å². The van der Waals surface area contributed by atoms with Crippen LogP contribution < -0.4 is 0 Å². The summed E-state index contributed by atoms with van der Waals surface area (Å²) in [5, 5.41) is 0. The maximum absolute atomic E-state index is 12.8. The van der Waals surface area contributed by atoms with Crippen molar-refractivity contribution in [2.24, 2.45) is 5.92 Å². The Labute approximate surface area is 361 Å². The molecule has 0 aromatic heterocycles. The molecule has 0 fully saturated rings. The van der Waals surface area contributed by atoms with Gasteiger partial charge in [-0.2, -0.15) is 0 Å². The molecule has 0 saturated carbocycles. The summed E-state index contributed by atoms with van der Waals surface area (Å²) in [4.78, 5) is 37.9. The zero-order valence-corrected chi connectivity index (χ0v) is 39.5. The van der Waals surface area contributed by atoms with Crippen LogP contribution in [0.1, 0.15) is 291 Å². The van der Waals surface area contributed by atoms with Crippen LogP contribution in [0.4, 0.5) is 0 Å². The minimum absolute atomic E-state index is 0.0627. The normalized spacial score (nSPS) is 11.9. The predicted octanol–water partition coefficient (Wildman–Crippen LogP) is 16.7. The van der Waals surface area contributed by atoms with Gasteiger partial charge in [-0.3, -0.25) is 14.4 Å². The van der Waals surface area contributed by atoms with Crippen LogP contribution in [0.15, 0.2) is 0 Å². The maximum atomic E-state index is 12.8. The molecule has 0 rings (SSSR count). The first-order valence-electron chi connectivity index (χ1n) is 25.9. The number of carbonyl (C=O) groups excluding carboxylic acids is 3. The number of hydrogen-bond acceptors (Lipinski definition) is 6. The van der Waals surface area contributed by atoms with Crippen molar-refractivity contribution in [3.8, 4) is 0 Å². The molecule has 58 heavy (non-hydrogen) atoms. The molecule has 6 heteroatoms. The van der Waals surface area contributed by atoms with Crippen molar-refractivity contribution in [3.05, 3.63) is 0 Å². The molecular weight excluding hydrogens is 721 g/mol. The highest BCUT2D eigenvalue weighted by molar-refractivity contribution is 5.71. The number of carbonyl (C=O) groups is 3. The van der Waals surface area contributed by atoms with Gasteiger partial charge in [-0.05, 0) is 25.2 Å². The second-order valence-electron chi connectivity index (χ2n) is 18.3. The van der Waals surface area contributed by atoms with E-state index in [2.05, 4.69) is 27.7 Å². The predicted molar refractivity (Wildman–Crippen MR) is 247 cm³/mol. The van der Waals surface area contributed by atoms with Crippen molar-refractivity contribution in [1.29, 1.82) is 0 Å². The van der Waals surface area contributed by atoms with Gasteiger partial charge in [0, 0.05) is 19.3 Å². The van der Waals surface area contributed by atoms with E-state index in [1.807, 2.05) is 0 Å². The highest BCUT2D eigenvalue weighted by atomic mass is 16.6. The molecule has 0 N–H and O–H groups in total. The van der Waals surface area contributed by atoms with Gasteiger partial charge in [-0.25, -0.2) is 0 Å². The Morgan fingerprint density at radius 1 is 0.328 bits per heavy atom. The van der Waals surface area contributed by atoms with Crippen molar-refractivity contribution in [2.45, 2.75) is 297 Å². The second-order valence-corrected chi connectivity index (χ2v) is 18.3. The van der Waals surface area contributed by atoms with Gasteiger partial charge in [-0.1, -0.05) is 252 Å². The first-order chi connectivity index (χ1) is 28.4. The molecule has 0 radical (unpaired) electrons. The average Bonchev–Trinajstić information content (AvgIpc) is 3.21. The largest absolute Gasteiger partial charge is 0.462 e. The van der Waals surface area contributed by atoms with Crippen molar-refractivity contribution in [3.63, 3.8) is 0 Å². The van der Waals surface area contributed by atoms with Crippen LogP contribution >= 0.6 is 0 Å².